The number of anilines is 1. The second-order valence-corrected chi connectivity index (χ2v) is 12.6. The number of nitrogens with zero attached hydrogens (tertiary/aromatic N) is 2. The molecule has 2 aromatic rings. The van der Waals surface area contributed by atoms with E-state index in [1.165, 1.54) is 0 Å². The average Bonchev–Trinajstić information content (AvgIpc) is 3.55. The summed E-state index contributed by atoms with van der Waals surface area (Å²) in [5, 5.41) is 11.5. The molecule has 6 atom stereocenters. The third kappa shape index (κ3) is 4.65. The molecule has 3 fully saturated rings. The summed E-state index contributed by atoms with van der Waals surface area (Å²) in [6, 6.07) is 13.2. The summed E-state index contributed by atoms with van der Waals surface area (Å²) in [6.45, 7) is 10.6. The third-order valence-electron chi connectivity index (χ3n) is 8.75. The van der Waals surface area contributed by atoms with E-state index < -0.39 is 22.6 Å². The van der Waals surface area contributed by atoms with Crippen molar-refractivity contribution >= 4 is 46.0 Å². The minimum absolute atomic E-state index is 0.0143. The average molecular weight is 563 g/mol. The summed E-state index contributed by atoms with van der Waals surface area (Å²) in [4.78, 5) is 45.7. The zero-order valence-corrected chi connectivity index (χ0v) is 23.9. The molecule has 3 saturated heterocycles. The van der Waals surface area contributed by atoms with Gasteiger partial charge in [-0.05, 0) is 54.5 Å². The molecule has 1 N–H and O–H groups in total. The Labute approximate surface area is 240 Å². The molecule has 0 radical (unpaired) electrons. The first-order valence-electron chi connectivity index (χ1n) is 14.2. The number of aliphatic hydroxyl groups excluding tert-OH is 1. The molecule has 0 aromatic heterocycles. The number of aliphatic hydroxyl groups is 1. The van der Waals surface area contributed by atoms with E-state index in [1.54, 1.807) is 33.7 Å². The van der Waals surface area contributed by atoms with Crippen molar-refractivity contribution in [2.24, 2.45) is 17.8 Å². The van der Waals surface area contributed by atoms with Gasteiger partial charge in [0.2, 0.25) is 5.91 Å². The second kappa shape index (κ2) is 11.8. The highest BCUT2D eigenvalue weighted by Crippen LogP contribution is 2.68. The van der Waals surface area contributed by atoms with E-state index in [2.05, 4.69) is 20.1 Å². The summed E-state index contributed by atoms with van der Waals surface area (Å²) >= 11 is 1.64. The van der Waals surface area contributed by atoms with E-state index in [9.17, 15) is 19.5 Å². The normalized spacial score (nSPS) is 28.5. The Hall–Kier alpha value is -3.10. The number of esters is 1. The van der Waals surface area contributed by atoms with Crippen LogP contribution in [0.4, 0.5) is 5.69 Å². The number of likely N-dealkylation sites (tertiary alicyclic amines) is 1. The quantitative estimate of drug-likeness (QED) is 0.231. The van der Waals surface area contributed by atoms with Gasteiger partial charge in [0, 0.05) is 30.6 Å². The van der Waals surface area contributed by atoms with Crippen LogP contribution in [0, 0.1) is 17.8 Å². The first-order chi connectivity index (χ1) is 19.4. The Morgan fingerprint density at radius 1 is 1.18 bits per heavy atom. The van der Waals surface area contributed by atoms with Gasteiger partial charge in [-0.15, -0.1) is 24.9 Å². The molecular formula is C32H38N2O5S. The lowest BCUT2D eigenvalue weighted by atomic mass is 9.66. The lowest BCUT2D eigenvalue weighted by Gasteiger charge is -2.40. The van der Waals surface area contributed by atoms with Crippen molar-refractivity contribution < 1.29 is 24.2 Å². The number of carbonyl (C=O) groups is 3. The van der Waals surface area contributed by atoms with Crippen LogP contribution in [-0.2, 0) is 19.1 Å². The second-order valence-electron chi connectivity index (χ2n) is 11.0. The Kier molecular flexibility index (Phi) is 8.38. The fraction of sp³-hybridized carbons (Fsp3) is 0.469. The molecule has 2 aromatic carbocycles. The molecule has 7 nitrogen and oxygen atoms in total. The number of hydrogen-bond donors (Lipinski definition) is 1. The van der Waals surface area contributed by atoms with Crippen LogP contribution in [0.2, 0.25) is 0 Å². The van der Waals surface area contributed by atoms with Gasteiger partial charge in [-0.2, -0.15) is 0 Å². The predicted octanol–water partition coefficient (Wildman–Crippen LogP) is 4.59. The monoisotopic (exact) mass is 562 g/mol. The molecule has 3 aliphatic rings. The van der Waals surface area contributed by atoms with Gasteiger partial charge in [-0.25, -0.2) is 0 Å². The van der Waals surface area contributed by atoms with E-state index in [1.807, 2.05) is 42.5 Å². The molecule has 40 heavy (non-hydrogen) atoms. The fourth-order valence-electron chi connectivity index (χ4n) is 6.98. The maximum Gasteiger partial charge on any atom is 0.310 e. The van der Waals surface area contributed by atoms with Crippen molar-refractivity contribution in [1.29, 1.82) is 0 Å². The lowest BCUT2D eigenvalue weighted by Crippen LogP contribution is -2.57. The molecule has 3 unspecified atom stereocenters. The topological polar surface area (TPSA) is 87.2 Å². The van der Waals surface area contributed by atoms with Gasteiger partial charge in [0.15, 0.2) is 0 Å². The number of thioether (sulfide) groups is 1. The standard InChI is InChI=1S/C32H38N2O5S/c1-4-6-18-39-31(38)26-25-19-21(3)32(40-25)27(26)29(36)34(16-9-10-17-35)28(32)30(37)33(15-5-2)24-14-13-22-11-7-8-12-23(22)20-24/h4-5,7-8,11-14,20-21,25-28,35H,1-2,6,9-10,15-19H2,3H3/t21?,25-,26+,27-,28?,32?/m0/s1. The van der Waals surface area contributed by atoms with E-state index in [4.69, 9.17) is 4.74 Å². The number of amides is 2. The minimum atomic E-state index is -0.730. The van der Waals surface area contributed by atoms with Crippen molar-refractivity contribution in [3.8, 4) is 0 Å². The van der Waals surface area contributed by atoms with Crippen LogP contribution in [0.3, 0.4) is 0 Å². The number of rotatable bonds is 12. The van der Waals surface area contributed by atoms with Crippen LogP contribution < -0.4 is 4.90 Å². The van der Waals surface area contributed by atoms with Gasteiger partial charge in [-0.1, -0.05) is 49.4 Å². The zero-order valence-electron chi connectivity index (χ0n) is 23.0. The smallest absolute Gasteiger partial charge is 0.310 e. The largest absolute Gasteiger partial charge is 0.465 e. The summed E-state index contributed by atoms with van der Waals surface area (Å²) < 4.78 is 4.87. The van der Waals surface area contributed by atoms with Crippen molar-refractivity contribution in [3.63, 3.8) is 0 Å². The fourth-order valence-corrected chi connectivity index (χ4v) is 9.39. The number of unbranched alkanes of at least 4 members (excludes halogenated alkanes) is 1. The Morgan fingerprint density at radius 3 is 2.67 bits per heavy atom. The van der Waals surface area contributed by atoms with Crippen LogP contribution in [-0.4, -0.2) is 70.1 Å². The highest BCUT2D eigenvalue weighted by Gasteiger charge is 2.76. The molecule has 2 amide bonds. The number of fused-ring (bicyclic) bond motifs is 2. The molecule has 5 rings (SSSR count). The predicted molar refractivity (Wildman–Crippen MR) is 159 cm³/mol. The SMILES string of the molecule is C=CCCOC(=O)[C@@H]1[C@@H]2CC(C)C3(S2)C(C(=O)N(CC=C)c2ccc4ccccc4c2)N(CCCCO)C(=O)[C@H]13. The van der Waals surface area contributed by atoms with Crippen LogP contribution in [0.5, 0.6) is 0 Å². The molecule has 2 bridgehead atoms. The molecule has 0 aliphatic carbocycles. The van der Waals surface area contributed by atoms with Crippen molar-refractivity contribution in [2.75, 3.05) is 31.2 Å². The molecule has 212 valence electrons. The van der Waals surface area contributed by atoms with Gasteiger partial charge >= 0.3 is 5.97 Å². The number of benzene rings is 2. The van der Waals surface area contributed by atoms with Crippen molar-refractivity contribution in [1.82, 2.24) is 4.90 Å². The van der Waals surface area contributed by atoms with E-state index in [0.29, 0.717) is 32.4 Å². The highest BCUT2D eigenvalue weighted by molar-refractivity contribution is 8.02. The summed E-state index contributed by atoms with van der Waals surface area (Å²) in [7, 11) is 0. The van der Waals surface area contributed by atoms with Crippen LogP contribution in [0.1, 0.15) is 32.6 Å². The summed E-state index contributed by atoms with van der Waals surface area (Å²) in [6.07, 6.45) is 5.81. The van der Waals surface area contributed by atoms with Gasteiger partial charge in [-0.3, -0.25) is 14.4 Å². The molecule has 3 heterocycles. The van der Waals surface area contributed by atoms with E-state index in [-0.39, 0.29) is 42.2 Å². The zero-order chi connectivity index (χ0) is 28.4. The Bertz CT molecular complexity index is 1310. The number of ether oxygens (including phenoxy) is 1. The summed E-state index contributed by atoms with van der Waals surface area (Å²) in [5.74, 6) is -1.80. The van der Waals surface area contributed by atoms with Gasteiger partial charge in [0.25, 0.3) is 5.91 Å². The van der Waals surface area contributed by atoms with E-state index in [0.717, 1.165) is 22.9 Å². The Morgan fingerprint density at radius 2 is 1.95 bits per heavy atom. The van der Waals surface area contributed by atoms with Crippen LogP contribution in [0.15, 0.2) is 67.8 Å². The maximum absolute atomic E-state index is 14.7. The maximum atomic E-state index is 14.7. The number of carbonyl (C=O) groups excluding carboxylic acids is 3. The van der Waals surface area contributed by atoms with E-state index >= 15 is 0 Å². The highest BCUT2D eigenvalue weighted by atomic mass is 32.2. The van der Waals surface area contributed by atoms with Gasteiger partial charge in [0.1, 0.15) is 6.04 Å². The third-order valence-corrected chi connectivity index (χ3v) is 10.8. The van der Waals surface area contributed by atoms with Crippen molar-refractivity contribution in [2.45, 2.75) is 48.6 Å². The van der Waals surface area contributed by atoms with Crippen LogP contribution in [0.25, 0.3) is 10.8 Å². The first-order valence-corrected chi connectivity index (χ1v) is 15.0. The van der Waals surface area contributed by atoms with Crippen molar-refractivity contribution in [3.05, 3.63) is 67.8 Å². The first kappa shape index (κ1) is 28.4. The number of hydrogen-bond acceptors (Lipinski definition) is 6. The molecule has 1 spiro atoms. The molecule has 3 aliphatic heterocycles. The van der Waals surface area contributed by atoms with Crippen LogP contribution >= 0.6 is 11.8 Å². The summed E-state index contributed by atoms with van der Waals surface area (Å²) in [5.41, 5.74) is 0.747. The Balaban J connectivity index is 1.55. The van der Waals surface area contributed by atoms with Gasteiger partial charge < -0.3 is 19.6 Å². The molecule has 0 saturated carbocycles. The van der Waals surface area contributed by atoms with Gasteiger partial charge in [0.05, 0.1) is 23.2 Å². The lowest BCUT2D eigenvalue weighted by molar-refractivity contribution is -0.154. The molecular weight excluding hydrogens is 524 g/mol. The molecule has 8 heteroatoms. The minimum Gasteiger partial charge on any atom is -0.465 e.